The highest BCUT2D eigenvalue weighted by molar-refractivity contribution is 5.76. The summed E-state index contributed by atoms with van der Waals surface area (Å²) < 4.78 is 39.6. The number of nitrogens with one attached hydrogen (secondary N) is 1. The van der Waals surface area contributed by atoms with E-state index in [-0.39, 0.29) is 19.1 Å². The molecule has 0 aromatic carbocycles. The van der Waals surface area contributed by atoms with E-state index in [0.717, 1.165) is 12.8 Å². The van der Waals surface area contributed by atoms with Gasteiger partial charge >= 0.3 is 6.18 Å². The van der Waals surface area contributed by atoms with Crippen molar-refractivity contribution in [3.8, 4) is 0 Å². The Kier molecular flexibility index (Phi) is 6.46. The van der Waals surface area contributed by atoms with Gasteiger partial charge in [-0.15, -0.1) is 0 Å². The summed E-state index contributed by atoms with van der Waals surface area (Å²) in [7, 11) is 0. The summed E-state index contributed by atoms with van der Waals surface area (Å²) in [5.74, 6) is 0.354. The second-order valence-electron chi connectivity index (χ2n) is 4.73. The molecule has 0 radical (unpaired) electrons. The van der Waals surface area contributed by atoms with Crippen LogP contribution in [0.5, 0.6) is 0 Å². The van der Waals surface area contributed by atoms with Crippen LogP contribution in [-0.4, -0.2) is 31.8 Å². The van der Waals surface area contributed by atoms with Crippen LogP contribution in [0.2, 0.25) is 0 Å². The van der Waals surface area contributed by atoms with Crippen LogP contribution in [0.25, 0.3) is 0 Å². The summed E-state index contributed by atoms with van der Waals surface area (Å²) in [6.07, 6.45) is 1.93. The molecule has 0 aromatic rings. The molecule has 0 atom stereocenters. The van der Waals surface area contributed by atoms with Gasteiger partial charge in [0.2, 0.25) is 5.91 Å². The molecule has 106 valence electrons. The first-order valence-corrected chi connectivity index (χ1v) is 6.38. The summed E-state index contributed by atoms with van der Waals surface area (Å²) >= 11 is 0. The van der Waals surface area contributed by atoms with E-state index < -0.39 is 12.8 Å². The molecule has 1 aliphatic rings. The molecule has 1 amide bonds. The van der Waals surface area contributed by atoms with Gasteiger partial charge in [-0.05, 0) is 18.8 Å². The Bertz CT molecular complexity index is 250. The average molecular weight is 267 g/mol. The smallest absolute Gasteiger partial charge is 0.370 e. The van der Waals surface area contributed by atoms with Gasteiger partial charge in [0, 0.05) is 13.0 Å². The maximum atomic E-state index is 11.7. The van der Waals surface area contributed by atoms with Crippen LogP contribution in [0.3, 0.4) is 0 Å². The van der Waals surface area contributed by atoms with Crippen LogP contribution in [0, 0.1) is 5.92 Å². The summed E-state index contributed by atoms with van der Waals surface area (Å²) in [5, 5.41) is 2.58. The molecule has 1 aliphatic carbocycles. The van der Waals surface area contributed by atoms with Crippen molar-refractivity contribution in [2.24, 2.45) is 5.92 Å². The normalized spacial score (nSPS) is 17.7. The fourth-order valence-corrected chi connectivity index (χ4v) is 2.18. The zero-order valence-electron chi connectivity index (χ0n) is 10.4. The molecule has 0 saturated heterocycles. The monoisotopic (exact) mass is 267 g/mol. The van der Waals surface area contributed by atoms with Gasteiger partial charge in [-0.1, -0.05) is 19.3 Å². The third kappa shape index (κ3) is 7.53. The van der Waals surface area contributed by atoms with Crippen LogP contribution < -0.4 is 5.32 Å². The topological polar surface area (TPSA) is 38.3 Å². The first-order chi connectivity index (χ1) is 8.47. The van der Waals surface area contributed by atoms with Gasteiger partial charge in [0.05, 0.1) is 6.61 Å². The Morgan fingerprint density at radius 2 is 1.89 bits per heavy atom. The van der Waals surface area contributed by atoms with Crippen LogP contribution in [-0.2, 0) is 9.53 Å². The van der Waals surface area contributed by atoms with Crippen molar-refractivity contribution in [3.63, 3.8) is 0 Å². The Morgan fingerprint density at radius 3 is 2.50 bits per heavy atom. The summed E-state index contributed by atoms with van der Waals surface area (Å²) in [5.41, 5.74) is 0. The number of hydrogen-bond donors (Lipinski definition) is 1. The lowest BCUT2D eigenvalue weighted by Crippen LogP contribution is -2.30. The van der Waals surface area contributed by atoms with E-state index in [9.17, 15) is 18.0 Å². The standard InChI is InChI=1S/C12H20F3NO2/c13-12(14,15)9-18-7-6-16-11(17)8-10-4-2-1-3-5-10/h10H,1-9H2,(H,16,17). The van der Waals surface area contributed by atoms with Crippen LogP contribution in [0.15, 0.2) is 0 Å². The van der Waals surface area contributed by atoms with Crippen LogP contribution in [0.1, 0.15) is 38.5 Å². The van der Waals surface area contributed by atoms with E-state index in [1.54, 1.807) is 0 Å². The molecule has 1 N–H and O–H groups in total. The molecular formula is C12H20F3NO2. The van der Waals surface area contributed by atoms with E-state index >= 15 is 0 Å². The van der Waals surface area contributed by atoms with Crippen molar-refractivity contribution in [2.45, 2.75) is 44.7 Å². The second-order valence-corrected chi connectivity index (χ2v) is 4.73. The molecule has 1 rings (SSSR count). The molecular weight excluding hydrogens is 247 g/mol. The lowest BCUT2D eigenvalue weighted by Gasteiger charge is -2.20. The first kappa shape index (κ1) is 15.3. The fourth-order valence-electron chi connectivity index (χ4n) is 2.18. The Hall–Kier alpha value is -0.780. The fraction of sp³-hybridized carbons (Fsp3) is 0.917. The Morgan fingerprint density at radius 1 is 1.22 bits per heavy atom. The highest BCUT2D eigenvalue weighted by Crippen LogP contribution is 2.25. The molecule has 0 aliphatic heterocycles. The number of halogens is 3. The van der Waals surface area contributed by atoms with E-state index in [4.69, 9.17) is 0 Å². The minimum absolute atomic E-state index is 0.0856. The van der Waals surface area contributed by atoms with Crippen LogP contribution >= 0.6 is 0 Å². The van der Waals surface area contributed by atoms with Gasteiger partial charge in [-0.25, -0.2) is 0 Å². The summed E-state index contributed by atoms with van der Waals surface area (Å²) in [4.78, 5) is 11.5. The van der Waals surface area contributed by atoms with Crippen molar-refractivity contribution >= 4 is 5.91 Å². The molecule has 0 heterocycles. The number of hydrogen-bond acceptors (Lipinski definition) is 2. The van der Waals surface area contributed by atoms with Gasteiger partial charge in [0.15, 0.2) is 0 Å². The maximum Gasteiger partial charge on any atom is 0.411 e. The number of ether oxygens (including phenoxy) is 1. The SMILES string of the molecule is O=C(CC1CCCCC1)NCCOCC(F)(F)F. The van der Waals surface area contributed by atoms with Crippen LogP contribution in [0.4, 0.5) is 13.2 Å². The molecule has 0 aromatic heterocycles. The molecule has 0 spiro atoms. The minimum Gasteiger partial charge on any atom is -0.370 e. The minimum atomic E-state index is -4.30. The first-order valence-electron chi connectivity index (χ1n) is 6.38. The Labute approximate surface area is 105 Å². The summed E-state index contributed by atoms with van der Waals surface area (Å²) in [6.45, 7) is -1.22. The zero-order valence-corrected chi connectivity index (χ0v) is 10.4. The lowest BCUT2D eigenvalue weighted by atomic mass is 9.87. The number of rotatable bonds is 6. The van der Waals surface area contributed by atoms with Gasteiger partial charge in [0.1, 0.15) is 6.61 Å². The Balaban J connectivity index is 1.99. The van der Waals surface area contributed by atoms with Crippen molar-refractivity contribution in [2.75, 3.05) is 19.8 Å². The quantitative estimate of drug-likeness (QED) is 0.751. The number of carbonyl (C=O) groups is 1. The molecule has 18 heavy (non-hydrogen) atoms. The predicted octanol–water partition coefficient (Wildman–Crippen LogP) is 2.65. The van der Waals surface area contributed by atoms with Crippen molar-refractivity contribution in [3.05, 3.63) is 0 Å². The molecule has 1 saturated carbocycles. The van der Waals surface area contributed by atoms with Crippen molar-refractivity contribution in [1.29, 1.82) is 0 Å². The lowest BCUT2D eigenvalue weighted by molar-refractivity contribution is -0.173. The van der Waals surface area contributed by atoms with Gasteiger partial charge in [0.25, 0.3) is 0 Å². The third-order valence-electron chi connectivity index (χ3n) is 3.03. The highest BCUT2D eigenvalue weighted by atomic mass is 19.4. The molecule has 0 bridgehead atoms. The number of alkyl halides is 3. The summed E-state index contributed by atoms with van der Waals surface area (Å²) in [6, 6.07) is 0. The zero-order chi connectivity index (χ0) is 13.4. The van der Waals surface area contributed by atoms with E-state index in [2.05, 4.69) is 10.1 Å². The molecule has 0 unspecified atom stereocenters. The van der Waals surface area contributed by atoms with Crippen molar-refractivity contribution < 1.29 is 22.7 Å². The third-order valence-corrected chi connectivity index (χ3v) is 3.03. The van der Waals surface area contributed by atoms with E-state index in [1.165, 1.54) is 19.3 Å². The second kappa shape index (κ2) is 7.61. The molecule has 1 fully saturated rings. The average Bonchev–Trinajstić information content (AvgIpc) is 2.28. The predicted molar refractivity (Wildman–Crippen MR) is 61.1 cm³/mol. The van der Waals surface area contributed by atoms with Crippen molar-refractivity contribution in [1.82, 2.24) is 5.32 Å². The maximum absolute atomic E-state index is 11.7. The van der Waals surface area contributed by atoms with Gasteiger partial charge < -0.3 is 10.1 Å². The molecule has 3 nitrogen and oxygen atoms in total. The van der Waals surface area contributed by atoms with E-state index in [1.807, 2.05) is 0 Å². The van der Waals surface area contributed by atoms with Gasteiger partial charge in [-0.2, -0.15) is 13.2 Å². The van der Waals surface area contributed by atoms with E-state index in [0.29, 0.717) is 12.3 Å². The highest BCUT2D eigenvalue weighted by Gasteiger charge is 2.27. The number of carbonyl (C=O) groups excluding carboxylic acids is 1. The number of amides is 1. The molecule has 6 heteroatoms. The van der Waals surface area contributed by atoms with Gasteiger partial charge in [-0.3, -0.25) is 4.79 Å². The largest absolute Gasteiger partial charge is 0.411 e.